The molecule has 0 fully saturated rings. The van der Waals surface area contributed by atoms with Crippen LogP contribution in [0.2, 0.25) is 0 Å². The molecule has 2 heterocycles. The molecule has 0 amide bonds. The second-order valence-corrected chi connectivity index (χ2v) is 19.5. The van der Waals surface area contributed by atoms with Gasteiger partial charge in [0.15, 0.2) is 5.58 Å². The highest BCUT2D eigenvalue weighted by Crippen LogP contribution is 2.64. The average molecular weight is 907 g/mol. The Bertz CT molecular complexity index is 4050. The fourth-order valence-corrected chi connectivity index (χ4v) is 12.8. The minimum Gasteiger partial charge on any atom is -0.458 e. The van der Waals surface area contributed by atoms with Gasteiger partial charge in [-0.05, 0) is 128 Å². The number of rotatable bonds is 6. The zero-order valence-electron chi connectivity index (χ0n) is 39.2. The Kier molecular flexibility index (Phi) is 8.62. The molecule has 1 unspecified atom stereocenters. The zero-order chi connectivity index (χ0) is 46.8. The molecule has 0 saturated carbocycles. The van der Waals surface area contributed by atoms with Crippen LogP contribution in [0.3, 0.4) is 0 Å². The number of allylic oxidation sites excluding steroid dienone is 1. The van der Waals surface area contributed by atoms with E-state index in [0.29, 0.717) is 0 Å². The third-order valence-corrected chi connectivity index (χ3v) is 15.8. The SMILES string of the molecule is CC1CC=Cc2c1oc1c(N(c3ccccc3)c3ccc(-c4ccc(-n5c6ccccc6c6ccccc65)cc4)cc3)ccc(-c3cccc4c3-c3ccccc3C43c4ccccc4-c4ccccc43)c21. The minimum atomic E-state index is -0.427. The fraction of sp³-hybridized carbons (Fsp3) is 0.0588. The number of anilines is 3. The zero-order valence-corrected chi connectivity index (χ0v) is 39.2. The topological polar surface area (TPSA) is 21.3 Å². The lowest BCUT2D eigenvalue weighted by Gasteiger charge is -2.30. The highest BCUT2D eigenvalue weighted by Gasteiger charge is 2.52. The van der Waals surface area contributed by atoms with Crippen LogP contribution in [0.25, 0.3) is 89.0 Å². The number of para-hydroxylation sites is 3. The summed E-state index contributed by atoms with van der Waals surface area (Å²) in [6, 6.07) is 85.0. The van der Waals surface area contributed by atoms with Crippen LogP contribution in [0.15, 0.2) is 241 Å². The van der Waals surface area contributed by atoms with E-state index in [9.17, 15) is 0 Å². The van der Waals surface area contributed by atoms with Gasteiger partial charge in [-0.25, -0.2) is 0 Å². The molecule has 0 saturated heterocycles. The van der Waals surface area contributed by atoms with Crippen molar-refractivity contribution in [2.24, 2.45) is 0 Å². The van der Waals surface area contributed by atoms with Crippen molar-refractivity contribution in [1.82, 2.24) is 4.57 Å². The van der Waals surface area contributed by atoms with E-state index < -0.39 is 5.41 Å². The van der Waals surface area contributed by atoms with Crippen LogP contribution in [-0.2, 0) is 5.41 Å². The molecule has 3 heteroatoms. The van der Waals surface area contributed by atoms with Gasteiger partial charge in [-0.2, -0.15) is 0 Å². The molecule has 1 spiro atoms. The van der Waals surface area contributed by atoms with Crippen LogP contribution in [0, 0.1) is 0 Å². The van der Waals surface area contributed by atoms with E-state index >= 15 is 0 Å². The lowest BCUT2D eigenvalue weighted by atomic mass is 9.70. The third-order valence-electron chi connectivity index (χ3n) is 15.8. The van der Waals surface area contributed by atoms with E-state index in [0.717, 1.165) is 51.5 Å². The summed E-state index contributed by atoms with van der Waals surface area (Å²) < 4.78 is 9.66. The molecule has 15 rings (SSSR count). The summed E-state index contributed by atoms with van der Waals surface area (Å²) >= 11 is 0. The number of benzene rings is 10. The predicted molar refractivity (Wildman–Crippen MR) is 294 cm³/mol. The van der Waals surface area contributed by atoms with Crippen LogP contribution in [-0.4, -0.2) is 4.57 Å². The molecule has 12 aromatic rings. The third kappa shape index (κ3) is 5.60. The van der Waals surface area contributed by atoms with Crippen molar-refractivity contribution in [1.29, 1.82) is 0 Å². The van der Waals surface area contributed by atoms with Crippen molar-refractivity contribution in [3.05, 3.63) is 270 Å². The van der Waals surface area contributed by atoms with E-state index in [1.165, 1.54) is 88.6 Å². The first kappa shape index (κ1) is 40.0. The molecule has 3 aliphatic rings. The molecule has 2 aromatic heterocycles. The molecule has 0 aliphatic heterocycles. The molecular weight excluding hydrogens is 861 g/mol. The van der Waals surface area contributed by atoms with Crippen molar-refractivity contribution >= 4 is 55.9 Å². The molecule has 3 nitrogen and oxygen atoms in total. The molecular formula is C68H46N2O. The Morgan fingerprint density at radius 3 is 1.68 bits per heavy atom. The number of aromatic nitrogens is 1. The fourth-order valence-electron chi connectivity index (χ4n) is 12.8. The Hall–Kier alpha value is -8.92. The first-order valence-corrected chi connectivity index (χ1v) is 24.9. The van der Waals surface area contributed by atoms with Crippen molar-refractivity contribution in [3.63, 3.8) is 0 Å². The molecule has 1 atom stereocenters. The number of fused-ring (bicyclic) bond motifs is 16. The van der Waals surface area contributed by atoms with Gasteiger partial charge in [0.2, 0.25) is 0 Å². The maximum absolute atomic E-state index is 7.29. The van der Waals surface area contributed by atoms with Gasteiger partial charge in [-0.1, -0.05) is 195 Å². The van der Waals surface area contributed by atoms with Crippen molar-refractivity contribution in [2.45, 2.75) is 24.7 Å². The molecule has 10 aromatic carbocycles. The first-order valence-electron chi connectivity index (χ1n) is 24.9. The van der Waals surface area contributed by atoms with Gasteiger partial charge in [0.25, 0.3) is 0 Å². The predicted octanol–water partition coefficient (Wildman–Crippen LogP) is 18.2. The first-order chi connectivity index (χ1) is 35.2. The smallest absolute Gasteiger partial charge is 0.159 e. The average Bonchev–Trinajstić information content (AvgIpc) is 4.17. The Labute approximate surface area is 412 Å². The van der Waals surface area contributed by atoms with E-state index in [-0.39, 0.29) is 5.92 Å². The standard InChI is InChI=1S/C68H46N2O/c1-43-17-15-26-56-65-54(53-25-16-30-60-64(53)55-24-7-12-29-59(55)68(60)57-27-10-5-20-49(57)50-21-6-11-28-58(50)68)41-42-63(67(65)71-66(43)56)69(46-18-3-2-4-19-46)47-37-33-44(34-38-47)45-35-39-48(40-36-45)70-61-31-13-8-22-51(61)52-23-9-14-32-62(52)70/h2-16,18-43H,17H2,1H3. The highest BCUT2D eigenvalue weighted by atomic mass is 16.3. The Morgan fingerprint density at radius 1 is 0.465 bits per heavy atom. The van der Waals surface area contributed by atoms with Gasteiger partial charge in [-0.15, -0.1) is 0 Å². The summed E-state index contributed by atoms with van der Waals surface area (Å²) in [5.74, 6) is 1.29. The van der Waals surface area contributed by atoms with Gasteiger partial charge in [0, 0.05) is 44.7 Å². The molecule has 0 radical (unpaired) electrons. The second-order valence-electron chi connectivity index (χ2n) is 19.5. The summed E-state index contributed by atoms with van der Waals surface area (Å²) in [5.41, 5.74) is 23.7. The normalized spacial score (nSPS) is 14.7. The largest absolute Gasteiger partial charge is 0.458 e. The summed E-state index contributed by atoms with van der Waals surface area (Å²) in [6.45, 7) is 2.29. The number of hydrogen-bond acceptors (Lipinski definition) is 2. The minimum absolute atomic E-state index is 0.242. The van der Waals surface area contributed by atoms with E-state index in [4.69, 9.17) is 4.42 Å². The summed E-state index contributed by atoms with van der Waals surface area (Å²) in [6.07, 6.45) is 5.58. The maximum Gasteiger partial charge on any atom is 0.159 e. The summed E-state index contributed by atoms with van der Waals surface area (Å²) in [4.78, 5) is 2.37. The van der Waals surface area contributed by atoms with Gasteiger partial charge >= 0.3 is 0 Å². The van der Waals surface area contributed by atoms with Crippen molar-refractivity contribution in [3.8, 4) is 50.2 Å². The van der Waals surface area contributed by atoms with Gasteiger partial charge in [0.05, 0.1) is 22.1 Å². The van der Waals surface area contributed by atoms with E-state index in [1.54, 1.807) is 0 Å². The summed E-state index contributed by atoms with van der Waals surface area (Å²) in [7, 11) is 0. The van der Waals surface area contributed by atoms with E-state index in [2.05, 4.69) is 259 Å². The van der Waals surface area contributed by atoms with Gasteiger partial charge < -0.3 is 13.9 Å². The van der Waals surface area contributed by atoms with Crippen LogP contribution in [0.4, 0.5) is 17.1 Å². The molecule has 0 N–H and O–H groups in total. The number of hydrogen-bond donors (Lipinski definition) is 0. The lowest BCUT2D eigenvalue weighted by Crippen LogP contribution is -2.25. The van der Waals surface area contributed by atoms with E-state index in [1.807, 2.05) is 0 Å². The summed E-state index contributed by atoms with van der Waals surface area (Å²) in [5, 5.41) is 3.69. The van der Waals surface area contributed by atoms with Crippen LogP contribution >= 0.6 is 0 Å². The van der Waals surface area contributed by atoms with Gasteiger partial charge in [0.1, 0.15) is 5.76 Å². The molecule has 71 heavy (non-hydrogen) atoms. The number of nitrogens with zero attached hydrogens (tertiary/aromatic N) is 2. The maximum atomic E-state index is 7.29. The quantitative estimate of drug-likeness (QED) is 0.166. The van der Waals surface area contributed by atoms with Gasteiger partial charge in [-0.3, -0.25) is 0 Å². The Balaban J connectivity index is 0.883. The lowest BCUT2D eigenvalue weighted by molar-refractivity contribution is 0.504. The molecule has 0 bridgehead atoms. The van der Waals surface area contributed by atoms with Crippen molar-refractivity contribution < 1.29 is 4.42 Å². The second kappa shape index (κ2) is 15.3. The highest BCUT2D eigenvalue weighted by molar-refractivity contribution is 6.12. The monoisotopic (exact) mass is 906 g/mol. The van der Waals surface area contributed by atoms with Crippen LogP contribution < -0.4 is 4.90 Å². The molecule has 334 valence electrons. The van der Waals surface area contributed by atoms with Crippen LogP contribution in [0.1, 0.15) is 52.8 Å². The van der Waals surface area contributed by atoms with Crippen molar-refractivity contribution in [2.75, 3.05) is 4.90 Å². The molecule has 3 aliphatic carbocycles. The van der Waals surface area contributed by atoms with Crippen LogP contribution in [0.5, 0.6) is 0 Å². The number of furan rings is 1. The Morgan fingerprint density at radius 2 is 1.00 bits per heavy atom.